The van der Waals surface area contributed by atoms with Crippen molar-refractivity contribution >= 4 is 41.2 Å². The Balaban J connectivity index is 0.00000243. The Labute approximate surface area is 177 Å². The first-order valence-electron chi connectivity index (χ1n) is 8.84. The maximum absolute atomic E-state index is 12.0. The molecule has 3 rings (SSSR count). The van der Waals surface area contributed by atoms with Crippen LogP contribution in [0.4, 0.5) is 5.69 Å². The van der Waals surface area contributed by atoms with E-state index in [1.54, 1.807) is 0 Å². The quantitative estimate of drug-likeness (QED) is 0.802. The molecule has 0 amide bonds. The molecule has 1 saturated heterocycles. The van der Waals surface area contributed by atoms with Crippen molar-refractivity contribution in [3.63, 3.8) is 0 Å². The summed E-state index contributed by atoms with van der Waals surface area (Å²) < 4.78 is 0. The number of aliphatic carboxylic acids is 1. The molecule has 0 radical (unpaired) electrons. The van der Waals surface area contributed by atoms with E-state index in [0.29, 0.717) is 12.8 Å². The third kappa shape index (κ3) is 4.68. The predicted molar refractivity (Wildman–Crippen MR) is 108 cm³/mol. The van der Waals surface area contributed by atoms with E-state index in [0.717, 1.165) is 30.9 Å². The summed E-state index contributed by atoms with van der Waals surface area (Å²) in [5.74, 6) is -0.758. The molecule has 0 unspecified atom stereocenters. The Morgan fingerprint density at radius 1 is 1.04 bits per heavy atom. The standard InChI is InChI=1S/C21H26N2O2.Na.H/c1-16-7-3-5-9-18(16)15-23-13-11-21(12-14-23,20(24)25)22-19-10-6-4-8-17(19)2;;/h3-10,22H,11-15H2,1-2H3,(H,24,25);;. The van der Waals surface area contributed by atoms with Gasteiger partial charge in [-0.25, -0.2) is 4.79 Å². The van der Waals surface area contributed by atoms with Gasteiger partial charge in [0.1, 0.15) is 5.54 Å². The molecule has 0 aliphatic carbocycles. The van der Waals surface area contributed by atoms with Crippen LogP contribution in [0.25, 0.3) is 0 Å². The number of nitrogens with one attached hydrogen (secondary N) is 1. The second kappa shape index (κ2) is 9.05. The number of carboxylic acids is 1. The van der Waals surface area contributed by atoms with Crippen molar-refractivity contribution in [1.29, 1.82) is 0 Å². The Morgan fingerprint density at radius 3 is 2.19 bits per heavy atom. The van der Waals surface area contributed by atoms with Gasteiger partial charge in [0, 0.05) is 25.3 Å². The number of benzene rings is 2. The van der Waals surface area contributed by atoms with Crippen molar-refractivity contribution in [3.05, 3.63) is 65.2 Å². The number of carbonyl (C=O) groups is 1. The fourth-order valence-electron chi connectivity index (χ4n) is 3.48. The Morgan fingerprint density at radius 2 is 1.62 bits per heavy atom. The SMILES string of the molecule is Cc1ccccc1CN1CCC(Nc2ccccc2C)(C(=O)O)CC1.[NaH]. The Bertz CT molecular complexity index is 755. The molecule has 0 spiro atoms. The van der Waals surface area contributed by atoms with Gasteiger partial charge in [-0.3, -0.25) is 4.90 Å². The molecule has 134 valence electrons. The van der Waals surface area contributed by atoms with Crippen LogP contribution in [0.3, 0.4) is 0 Å². The number of rotatable bonds is 5. The summed E-state index contributed by atoms with van der Waals surface area (Å²) in [5, 5.41) is 13.2. The molecule has 1 aliphatic heterocycles. The molecule has 26 heavy (non-hydrogen) atoms. The first-order valence-corrected chi connectivity index (χ1v) is 8.84. The summed E-state index contributed by atoms with van der Waals surface area (Å²) in [6.07, 6.45) is 1.20. The summed E-state index contributed by atoms with van der Waals surface area (Å²) in [6.45, 7) is 6.57. The molecule has 1 fully saturated rings. The minimum absolute atomic E-state index is 0. The predicted octanol–water partition coefficient (Wildman–Crippen LogP) is 3.19. The third-order valence-electron chi connectivity index (χ3n) is 5.29. The van der Waals surface area contributed by atoms with Gasteiger partial charge in [-0.1, -0.05) is 42.5 Å². The fourth-order valence-corrected chi connectivity index (χ4v) is 3.48. The van der Waals surface area contributed by atoms with Gasteiger partial charge in [-0.2, -0.15) is 0 Å². The summed E-state index contributed by atoms with van der Waals surface area (Å²) in [4.78, 5) is 14.4. The second-order valence-corrected chi connectivity index (χ2v) is 7.03. The van der Waals surface area contributed by atoms with Crippen LogP contribution in [0, 0.1) is 13.8 Å². The van der Waals surface area contributed by atoms with Crippen LogP contribution >= 0.6 is 0 Å². The summed E-state index contributed by atoms with van der Waals surface area (Å²) in [5.41, 5.74) is 3.71. The van der Waals surface area contributed by atoms with Gasteiger partial charge < -0.3 is 10.4 Å². The van der Waals surface area contributed by atoms with Crippen LogP contribution in [-0.4, -0.2) is 64.2 Å². The van der Waals surface area contributed by atoms with E-state index in [1.807, 2.05) is 31.2 Å². The molecular weight excluding hydrogens is 335 g/mol. The van der Waals surface area contributed by atoms with Gasteiger partial charge in [0.15, 0.2) is 0 Å². The monoisotopic (exact) mass is 362 g/mol. The number of piperidine rings is 1. The van der Waals surface area contributed by atoms with Crippen LogP contribution in [-0.2, 0) is 11.3 Å². The van der Waals surface area contributed by atoms with Crippen molar-refractivity contribution in [3.8, 4) is 0 Å². The Kier molecular flexibility index (Phi) is 7.30. The van der Waals surface area contributed by atoms with Gasteiger partial charge in [0.25, 0.3) is 0 Å². The van der Waals surface area contributed by atoms with Crippen LogP contribution < -0.4 is 5.32 Å². The molecule has 0 atom stereocenters. The molecule has 2 aromatic rings. The van der Waals surface area contributed by atoms with Crippen LogP contribution in [0.15, 0.2) is 48.5 Å². The average molecular weight is 362 g/mol. The van der Waals surface area contributed by atoms with Crippen LogP contribution in [0.2, 0.25) is 0 Å². The van der Waals surface area contributed by atoms with Crippen LogP contribution in [0.5, 0.6) is 0 Å². The van der Waals surface area contributed by atoms with E-state index < -0.39 is 11.5 Å². The van der Waals surface area contributed by atoms with Gasteiger partial charge >= 0.3 is 35.5 Å². The van der Waals surface area contributed by atoms with Crippen molar-refractivity contribution in [2.75, 3.05) is 18.4 Å². The third-order valence-corrected chi connectivity index (χ3v) is 5.29. The maximum atomic E-state index is 12.0. The zero-order valence-electron chi connectivity index (χ0n) is 15.0. The Hall–Kier alpha value is -1.33. The van der Waals surface area contributed by atoms with Gasteiger partial charge in [0.05, 0.1) is 0 Å². The molecule has 1 aliphatic rings. The normalized spacial score (nSPS) is 16.5. The molecule has 0 bridgehead atoms. The molecular formula is C21H27N2NaO2. The molecule has 2 aromatic carbocycles. The summed E-state index contributed by atoms with van der Waals surface area (Å²) in [6, 6.07) is 16.3. The molecule has 5 heteroatoms. The van der Waals surface area contributed by atoms with Crippen molar-refractivity contribution in [1.82, 2.24) is 4.90 Å². The van der Waals surface area contributed by atoms with E-state index in [2.05, 4.69) is 41.4 Å². The van der Waals surface area contributed by atoms with Gasteiger partial charge in [0.2, 0.25) is 0 Å². The first-order chi connectivity index (χ1) is 12.0. The van der Waals surface area contributed by atoms with E-state index in [4.69, 9.17) is 0 Å². The number of hydrogen-bond donors (Lipinski definition) is 2. The topological polar surface area (TPSA) is 52.6 Å². The number of likely N-dealkylation sites (tertiary alicyclic amines) is 1. The average Bonchev–Trinajstić information content (AvgIpc) is 2.60. The van der Waals surface area contributed by atoms with Crippen molar-refractivity contribution in [2.45, 2.75) is 38.8 Å². The van der Waals surface area contributed by atoms with Crippen LogP contribution in [0.1, 0.15) is 29.5 Å². The molecule has 4 nitrogen and oxygen atoms in total. The number of hydrogen-bond acceptors (Lipinski definition) is 3. The number of para-hydroxylation sites is 1. The number of aryl methyl sites for hydroxylation is 2. The fraction of sp³-hybridized carbons (Fsp3) is 0.381. The number of anilines is 1. The van der Waals surface area contributed by atoms with E-state index >= 15 is 0 Å². The van der Waals surface area contributed by atoms with E-state index in [-0.39, 0.29) is 29.6 Å². The summed E-state index contributed by atoms with van der Waals surface area (Å²) >= 11 is 0. The van der Waals surface area contributed by atoms with Crippen molar-refractivity contribution in [2.24, 2.45) is 0 Å². The molecule has 2 N–H and O–H groups in total. The second-order valence-electron chi connectivity index (χ2n) is 7.03. The minimum atomic E-state index is -0.881. The van der Waals surface area contributed by atoms with Gasteiger partial charge in [-0.05, 0) is 49.4 Å². The number of nitrogens with zero attached hydrogens (tertiary/aromatic N) is 1. The van der Waals surface area contributed by atoms with Crippen molar-refractivity contribution < 1.29 is 9.90 Å². The molecule has 0 aromatic heterocycles. The van der Waals surface area contributed by atoms with E-state index in [9.17, 15) is 9.90 Å². The number of carboxylic acid groups (broad SMARTS) is 1. The molecule has 1 heterocycles. The van der Waals surface area contributed by atoms with E-state index in [1.165, 1.54) is 11.1 Å². The zero-order chi connectivity index (χ0) is 17.9. The summed E-state index contributed by atoms with van der Waals surface area (Å²) in [7, 11) is 0. The van der Waals surface area contributed by atoms with Gasteiger partial charge in [-0.15, -0.1) is 0 Å². The molecule has 0 saturated carbocycles. The zero-order valence-corrected chi connectivity index (χ0v) is 15.0. The first kappa shape index (κ1) is 21.0.